The van der Waals surface area contributed by atoms with Crippen molar-refractivity contribution in [3.8, 4) is 22.8 Å². The number of nitrogens with one attached hydrogen (secondary N) is 1. The van der Waals surface area contributed by atoms with Gasteiger partial charge in [-0.15, -0.1) is 0 Å². The van der Waals surface area contributed by atoms with E-state index in [0.717, 1.165) is 86.5 Å². The highest BCUT2D eigenvalue weighted by Crippen LogP contribution is 2.26. The quantitative estimate of drug-likeness (QED) is 0.419. The number of aromatic amines is 1. The van der Waals surface area contributed by atoms with Gasteiger partial charge in [0.1, 0.15) is 0 Å². The Morgan fingerprint density at radius 1 is 0.667 bits per heavy atom. The summed E-state index contributed by atoms with van der Waals surface area (Å²) in [5.41, 5.74) is 5.25. The number of anilines is 2. The fraction of sp³-hybridized carbons (Fsp3) is 0.516. The summed E-state index contributed by atoms with van der Waals surface area (Å²) in [5.74, 6) is 0. The summed E-state index contributed by atoms with van der Waals surface area (Å²) in [6.45, 7) is 15.2. The van der Waals surface area contributed by atoms with E-state index < -0.39 is 0 Å². The fourth-order valence-electron chi connectivity index (χ4n) is 5.57. The van der Waals surface area contributed by atoms with Crippen molar-refractivity contribution in [3.05, 3.63) is 59.0 Å². The molecule has 2 saturated heterocycles. The van der Waals surface area contributed by atoms with Crippen molar-refractivity contribution in [1.29, 1.82) is 0 Å². The zero-order valence-corrected chi connectivity index (χ0v) is 23.6. The Labute approximate surface area is 232 Å². The van der Waals surface area contributed by atoms with Crippen LogP contribution < -0.4 is 15.2 Å². The van der Waals surface area contributed by atoms with Crippen molar-refractivity contribution in [2.24, 2.45) is 0 Å². The van der Waals surface area contributed by atoms with Gasteiger partial charge in [-0.3, -0.25) is 24.6 Å². The van der Waals surface area contributed by atoms with Gasteiger partial charge in [0.15, 0.2) is 5.43 Å². The predicted octanol–water partition coefficient (Wildman–Crippen LogP) is 4.34. The van der Waals surface area contributed by atoms with Gasteiger partial charge in [-0.2, -0.15) is 0 Å². The molecule has 0 aliphatic carbocycles. The second-order valence-electron chi connectivity index (χ2n) is 10.8. The van der Waals surface area contributed by atoms with Gasteiger partial charge in [0.25, 0.3) is 0 Å². The Morgan fingerprint density at radius 2 is 1.10 bits per heavy atom. The van der Waals surface area contributed by atoms with Gasteiger partial charge in [-0.05, 0) is 50.2 Å². The maximum Gasteiger partial charge on any atom is 0.182 e. The van der Waals surface area contributed by atoms with Gasteiger partial charge in [0, 0.05) is 88.3 Å². The van der Waals surface area contributed by atoms with E-state index in [1.54, 1.807) is 12.1 Å². The Balaban J connectivity index is 1.30. The second-order valence-corrected chi connectivity index (χ2v) is 10.8. The van der Waals surface area contributed by atoms with E-state index in [2.05, 4.69) is 72.7 Å². The summed E-state index contributed by atoms with van der Waals surface area (Å²) in [6.07, 6.45) is 8.69. The van der Waals surface area contributed by atoms with Crippen LogP contribution in [0.15, 0.2) is 53.6 Å². The molecule has 39 heavy (non-hydrogen) atoms. The first-order valence-corrected chi connectivity index (χ1v) is 14.7. The maximum absolute atomic E-state index is 12.8. The number of H-pyrrole nitrogens is 1. The number of pyridine rings is 3. The van der Waals surface area contributed by atoms with E-state index in [1.807, 2.05) is 12.4 Å². The molecule has 0 unspecified atom stereocenters. The Kier molecular flexibility index (Phi) is 9.27. The smallest absolute Gasteiger partial charge is 0.182 e. The molecule has 3 aromatic heterocycles. The van der Waals surface area contributed by atoms with Gasteiger partial charge < -0.3 is 14.8 Å². The van der Waals surface area contributed by atoms with Crippen LogP contribution in [0.1, 0.15) is 39.5 Å². The number of aromatic nitrogens is 3. The lowest BCUT2D eigenvalue weighted by molar-refractivity contribution is 0.254. The normalized spacial score (nSPS) is 17.1. The summed E-state index contributed by atoms with van der Waals surface area (Å²) in [6, 6.07) is 11.6. The van der Waals surface area contributed by atoms with E-state index >= 15 is 0 Å². The van der Waals surface area contributed by atoms with Gasteiger partial charge in [-0.25, -0.2) is 0 Å². The molecule has 5 heterocycles. The molecule has 5 rings (SSSR count). The Hall–Kier alpha value is -3.23. The van der Waals surface area contributed by atoms with Crippen molar-refractivity contribution < 1.29 is 0 Å². The molecule has 3 aromatic rings. The molecular formula is C31H43N7O. The Morgan fingerprint density at radius 3 is 1.51 bits per heavy atom. The van der Waals surface area contributed by atoms with Crippen LogP contribution in [0.5, 0.6) is 0 Å². The van der Waals surface area contributed by atoms with Crippen LogP contribution in [-0.2, 0) is 0 Å². The molecule has 0 atom stereocenters. The number of nitrogens with zero attached hydrogens (tertiary/aromatic N) is 6. The monoisotopic (exact) mass is 529 g/mol. The summed E-state index contributed by atoms with van der Waals surface area (Å²) < 4.78 is 0. The molecule has 0 aromatic carbocycles. The van der Waals surface area contributed by atoms with E-state index in [9.17, 15) is 4.79 Å². The van der Waals surface area contributed by atoms with E-state index in [4.69, 9.17) is 0 Å². The highest BCUT2D eigenvalue weighted by molar-refractivity contribution is 5.67. The summed E-state index contributed by atoms with van der Waals surface area (Å²) in [4.78, 5) is 35.4. The summed E-state index contributed by atoms with van der Waals surface area (Å²) in [7, 11) is 0. The lowest BCUT2D eigenvalue weighted by Crippen LogP contribution is -2.46. The number of piperazine rings is 2. The minimum atomic E-state index is -0.0489. The molecule has 0 bridgehead atoms. The molecule has 0 radical (unpaired) electrons. The highest BCUT2D eigenvalue weighted by atomic mass is 16.1. The third-order valence-electron chi connectivity index (χ3n) is 8.01. The molecule has 0 spiro atoms. The standard InChI is InChI=1S/C31H43N7O/c1-3-5-11-35-13-17-37(18-14-35)25-7-9-32-28(21-25)30-23-27(39)24-31(34-30)29-22-26(8-10-33-29)38-19-15-36(16-20-38)12-6-4-2/h7-10,21-24H,3-6,11-20H2,1-2H3,(H,34,39). The summed E-state index contributed by atoms with van der Waals surface area (Å²) >= 11 is 0. The third-order valence-corrected chi connectivity index (χ3v) is 8.01. The largest absolute Gasteiger partial charge is 0.369 e. The van der Waals surface area contributed by atoms with Crippen LogP contribution in [0.4, 0.5) is 11.4 Å². The molecule has 2 aliphatic heterocycles. The van der Waals surface area contributed by atoms with Crippen LogP contribution in [0.25, 0.3) is 22.8 Å². The van der Waals surface area contributed by atoms with Gasteiger partial charge in [0.2, 0.25) is 0 Å². The zero-order chi connectivity index (χ0) is 27.0. The fourth-order valence-corrected chi connectivity index (χ4v) is 5.57. The molecule has 8 nitrogen and oxygen atoms in total. The van der Waals surface area contributed by atoms with Crippen LogP contribution in [-0.4, -0.2) is 90.2 Å². The van der Waals surface area contributed by atoms with E-state index in [1.165, 1.54) is 38.8 Å². The Bertz CT molecular complexity index is 1170. The summed E-state index contributed by atoms with van der Waals surface area (Å²) in [5, 5.41) is 0. The minimum Gasteiger partial charge on any atom is -0.369 e. The predicted molar refractivity (Wildman–Crippen MR) is 161 cm³/mol. The number of hydrogen-bond acceptors (Lipinski definition) is 7. The van der Waals surface area contributed by atoms with Crippen molar-refractivity contribution in [2.75, 3.05) is 75.2 Å². The number of unbranched alkanes of at least 4 members (excludes halogenated alkanes) is 2. The van der Waals surface area contributed by atoms with Crippen LogP contribution >= 0.6 is 0 Å². The highest BCUT2D eigenvalue weighted by Gasteiger charge is 2.19. The minimum absolute atomic E-state index is 0.0489. The van der Waals surface area contributed by atoms with Crippen molar-refractivity contribution in [1.82, 2.24) is 24.8 Å². The third kappa shape index (κ3) is 7.05. The average molecular weight is 530 g/mol. The lowest BCUT2D eigenvalue weighted by Gasteiger charge is -2.36. The van der Waals surface area contributed by atoms with Crippen LogP contribution in [0, 0.1) is 0 Å². The lowest BCUT2D eigenvalue weighted by atomic mass is 10.1. The number of rotatable bonds is 10. The first kappa shape index (κ1) is 27.3. The van der Waals surface area contributed by atoms with E-state index in [0.29, 0.717) is 0 Å². The average Bonchev–Trinajstić information content (AvgIpc) is 2.99. The molecule has 208 valence electrons. The van der Waals surface area contributed by atoms with Crippen LogP contribution in [0.3, 0.4) is 0 Å². The van der Waals surface area contributed by atoms with Crippen molar-refractivity contribution in [3.63, 3.8) is 0 Å². The maximum atomic E-state index is 12.8. The molecule has 0 saturated carbocycles. The van der Waals surface area contributed by atoms with Gasteiger partial charge in [-0.1, -0.05) is 26.7 Å². The van der Waals surface area contributed by atoms with Gasteiger partial charge >= 0.3 is 0 Å². The SMILES string of the molecule is CCCCN1CCN(c2ccnc(-c3cc(=O)cc(-c4cc(N5CCN(CCCC)CC5)ccn4)[nH]3)c2)CC1. The molecule has 1 N–H and O–H groups in total. The molecule has 8 heteroatoms. The first-order valence-electron chi connectivity index (χ1n) is 14.7. The molecule has 2 aliphatic rings. The second kappa shape index (κ2) is 13.2. The number of hydrogen-bond donors (Lipinski definition) is 1. The van der Waals surface area contributed by atoms with Crippen molar-refractivity contribution in [2.45, 2.75) is 39.5 Å². The van der Waals surface area contributed by atoms with Crippen molar-refractivity contribution >= 4 is 11.4 Å². The van der Waals surface area contributed by atoms with Gasteiger partial charge in [0.05, 0.1) is 22.8 Å². The topological polar surface area (TPSA) is 71.6 Å². The first-order chi connectivity index (χ1) is 19.1. The molecule has 0 amide bonds. The molecule has 2 fully saturated rings. The zero-order valence-electron chi connectivity index (χ0n) is 23.6. The molecular weight excluding hydrogens is 486 g/mol. The van der Waals surface area contributed by atoms with E-state index in [-0.39, 0.29) is 5.43 Å². The van der Waals surface area contributed by atoms with Crippen LogP contribution in [0.2, 0.25) is 0 Å².